The lowest BCUT2D eigenvalue weighted by atomic mass is 9.99. The van der Waals surface area contributed by atoms with E-state index in [-0.39, 0.29) is 55.5 Å². The lowest BCUT2D eigenvalue weighted by Crippen LogP contribution is -2.06. The maximum atomic E-state index is 8.97. The molecule has 0 saturated carbocycles. The Morgan fingerprint density at radius 1 is 0.523 bits per heavy atom. The van der Waals surface area contributed by atoms with E-state index in [1.807, 2.05) is 0 Å². The molecule has 0 amide bonds. The third-order valence-corrected chi connectivity index (χ3v) is 7.10. The van der Waals surface area contributed by atoms with Crippen LogP contribution in [0.1, 0.15) is 24.7 Å². The van der Waals surface area contributed by atoms with E-state index >= 15 is 0 Å². The van der Waals surface area contributed by atoms with Crippen LogP contribution in [0.15, 0.2) is 150 Å². The quantitative estimate of drug-likeness (QED) is 0.207. The van der Waals surface area contributed by atoms with Crippen molar-refractivity contribution in [2.75, 3.05) is 0 Å². The van der Waals surface area contributed by atoms with E-state index in [1.165, 1.54) is 12.1 Å². The Morgan fingerprint density at radius 3 is 1.84 bits per heavy atom. The molecule has 0 aliphatic carbocycles. The number of para-hydroxylation sites is 2. The average molecular weight is 583 g/mol. The molecular weight excluding hydrogens is 540 g/mol. The summed E-state index contributed by atoms with van der Waals surface area (Å²) < 4.78 is 161. The lowest BCUT2D eigenvalue weighted by Gasteiger charge is -2.11. The first-order chi connectivity index (χ1) is 29.3. The Bertz CT molecular complexity index is 3390. The van der Waals surface area contributed by atoms with Crippen LogP contribution in [0.5, 0.6) is 0 Å². The van der Waals surface area contributed by atoms with Gasteiger partial charge in [0.15, 0.2) is 11.6 Å². The van der Waals surface area contributed by atoms with E-state index in [0.29, 0.717) is 10.8 Å². The monoisotopic (exact) mass is 582 g/mol. The van der Waals surface area contributed by atoms with Gasteiger partial charge in [0, 0.05) is 32.7 Å². The normalized spacial score (nSPS) is 17.4. The summed E-state index contributed by atoms with van der Waals surface area (Å²) in [5.74, 6) is -1.23. The van der Waals surface area contributed by atoms with Gasteiger partial charge in [-0.15, -0.1) is 0 Å². The van der Waals surface area contributed by atoms with Gasteiger partial charge in [-0.1, -0.05) is 115 Å². The molecule has 0 aliphatic rings. The lowest BCUT2D eigenvalue weighted by molar-refractivity contribution is 0.669. The van der Waals surface area contributed by atoms with Gasteiger partial charge in [-0.3, -0.25) is 4.57 Å². The van der Waals surface area contributed by atoms with Crippen molar-refractivity contribution in [2.45, 2.75) is 0 Å². The fourth-order valence-electron chi connectivity index (χ4n) is 5.25. The van der Waals surface area contributed by atoms with Crippen LogP contribution < -0.4 is 0 Å². The van der Waals surface area contributed by atoms with E-state index in [1.54, 1.807) is 24.3 Å². The Kier molecular flexibility index (Phi) is 2.80. The highest BCUT2D eigenvalue weighted by Crippen LogP contribution is 2.38. The molecule has 9 rings (SSSR count). The standard InChI is InChI=1S/C39H24N4O/c1-3-12-25(13-4-1)28-18-11-21-34-36(28)31-23-22-27(24-35(31)44-34)38-40-37(26-14-5-2-6-15-26)41-39(42-38)43-32-19-9-7-16-29(32)30-17-8-10-20-33(30)43/h1-24H/i1D,2D,3D,4D,5D,6D,7D,8D,9D,10D,12D,13D,14D,15D,16D,17D,19D,20D. The van der Waals surface area contributed by atoms with Crippen LogP contribution in [0.3, 0.4) is 0 Å². The van der Waals surface area contributed by atoms with Crippen LogP contribution in [-0.4, -0.2) is 19.5 Å². The topological polar surface area (TPSA) is 56.7 Å². The molecule has 5 nitrogen and oxygen atoms in total. The fraction of sp³-hybridized carbons (Fsp3) is 0. The Hall–Kier alpha value is -6.07. The van der Waals surface area contributed by atoms with Crippen LogP contribution in [0.4, 0.5) is 0 Å². The Balaban J connectivity index is 1.39. The molecule has 3 aromatic heterocycles. The minimum Gasteiger partial charge on any atom is -0.456 e. The summed E-state index contributed by atoms with van der Waals surface area (Å²) in [6.45, 7) is 0. The minimum absolute atomic E-state index is 0.0547. The van der Waals surface area contributed by atoms with Crippen molar-refractivity contribution < 1.29 is 29.1 Å². The van der Waals surface area contributed by atoms with Crippen molar-refractivity contribution in [3.8, 4) is 39.9 Å². The van der Waals surface area contributed by atoms with Crippen LogP contribution in [0, 0.1) is 0 Å². The van der Waals surface area contributed by atoms with Gasteiger partial charge in [0.1, 0.15) is 11.2 Å². The van der Waals surface area contributed by atoms with Crippen LogP contribution in [0.25, 0.3) is 83.6 Å². The van der Waals surface area contributed by atoms with Crippen molar-refractivity contribution in [2.24, 2.45) is 0 Å². The third-order valence-electron chi connectivity index (χ3n) is 7.10. The smallest absolute Gasteiger partial charge is 0.238 e. The first kappa shape index (κ1) is 12.7. The summed E-state index contributed by atoms with van der Waals surface area (Å²) >= 11 is 0. The van der Waals surface area contributed by atoms with Gasteiger partial charge in [0.2, 0.25) is 5.95 Å². The number of hydrogen-bond acceptors (Lipinski definition) is 4. The highest BCUT2D eigenvalue weighted by Gasteiger charge is 2.19. The molecule has 0 unspecified atom stereocenters. The third kappa shape index (κ3) is 3.83. The molecule has 0 atom stereocenters. The number of nitrogens with zero attached hydrogens (tertiary/aromatic N) is 4. The summed E-state index contributed by atoms with van der Waals surface area (Å²) in [5.41, 5.74) is -0.264. The molecule has 206 valence electrons. The van der Waals surface area contributed by atoms with Crippen LogP contribution >= 0.6 is 0 Å². The van der Waals surface area contributed by atoms with E-state index in [4.69, 9.17) is 29.1 Å². The number of benzene rings is 6. The van der Waals surface area contributed by atoms with Crippen LogP contribution in [0.2, 0.25) is 0 Å². The van der Waals surface area contributed by atoms with Crippen molar-refractivity contribution in [3.05, 3.63) is 145 Å². The summed E-state index contributed by atoms with van der Waals surface area (Å²) in [7, 11) is 0. The zero-order chi connectivity index (χ0) is 44.7. The second kappa shape index (κ2) is 9.75. The number of aromatic nitrogens is 4. The molecule has 0 fully saturated rings. The molecule has 0 aliphatic heterocycles. The van der Waals surface area contributed by atoms with E-state index in [9.17, 15) is 0 Å². The zero-order valence-electron chi connectivity index (χ0n) is 40.2. The second-order valence-corrected chi connectivity index (χ2v) is 9.56. The molecular formula is C39H24N4O. The maximum Gasteiger partial charge on any atom is 0.238 e. The Labute approximate surface area is 278 Å². The van der Waals surface area contributed by atoms with Gasteiger partial charge in [0.25, 0.3) is 0 Å². The average Bonchev–Trinajstić information content (AvgIpc) is 3.83. The molecule has 0 saturated heterocycles. The zero-order valence-corrected chi connectivity index (χ0v) is 22.2. The predicted octanol–water partition coefficient (Wildman–Crippen LogP) is 9.87. The molecule has 0 spiro atoms. The van der Waals surface area contributed by atoms with Crippen molar-refractivity contribution in [3.63, 3.8) is 0 Å². The molecule has 6 aromatic carbocycles. The van der Waals surface area contributed by atoms with Gasteiger partial charge in [-0.2, -0.15) is 9.97 Å². The van der Waals surface area contributed by atoms with Gasteiger partial charge in [0.05, 0.1) is 35.7 Å². The molecule has 0 N–H and O–H groups in total. The fourth-order valence-corrected chi connectivity index (χ4v) is 5.25. The molecule has 0 bridgehead atoms. The van der Waals surface area contributed by atoms with Gasteiger partial charge in [-0.05, 0) is 41.4 Å². The SMILES string of the molecule is [2H]c1c([2H])c([2H])c(-c2nc(-c3ccc4c(c3)oc3cccc(-c5c([2H])c([2H])c([2H])c([2H])c5[2H])c34)nc(-n3c4c([2H])c([2H])c([2H])c([2H])c4c4c([2H])c([2H])c([2H])c([2H])c43)n2)c([2H])c1[2H]. The first-order valence-electron chi connectivity index (χ1n) is 22.2. The molecule has 3 heterocycles. The molecule has 0 radical (unpaired) electrons. The summed E-state index contributed by atoms with van der Waals surface area (Å²) in [5, 5.41) is 0.309. The second-order valence-electron chi connectivity index (χ2n) is 9.56. The largest absolute Gasteiger partial charge is 0.456 e. The Morgan fingerprint density at radius 2 is 1.14 bits per heavy atom. The van der Waals surface area contributed by atoms with Gasteiger partial charge < -0.3 is 4.42 Å². The summed E-state index contributed by atoms with van der Waals surface area (Å²) in [4.78, 5) is 13.7. The van der Waals surface area contributed by atoms with E-state index in [0.717, 1.165) is 4.57 Å². The van der Waals surface area contributed by atoms with Gasteiger partial charge in [-0.25, -0.2) is 4.98 Å². The highest BCUT2D eigenvalue weighted by atomic mass is 16.3. The van der Waals surface area contributed by atoms with Crippen molar-refractivity contribution in [1.29, 1.82) is 0 Å². The number of furan rings is 1. The summed E-state index contributed by atoms with van der Waals surface area (Å²) in [6.07, 6.45) is 0. The predicted molar refractivity (Wildman–Crippen MR) is 178 cm³/mol. The number of fused-ring (bicyclic) bond motifs is 6. The van der Waals surface area contributed by atoms with E-state index in [2.05, 4.69) is 15.0 Å². The number of rotatable bonds is 4. The first-order valence-corrected chi connectivity index (χ1v) is 13.2. The molecule has 5 heteroatoms. The maximum absolute atomic E-state index is 8.97. The van der Waals surface area contributed by atoms with E-state index < -0.39 is 126 Å². The van der Waals surface area contributed by atoms with Gasteiger partial charge >= 0.3 is 0 Å². The minimum atomic E-state index is -0.719. The van der Waals surface area contributed by atoms with Crippen molar-refractivity contribution >= 4 is 43.7 Å². The van der Waals surface area contributed by atoms with Crippen LogP contribution in [-0.2, 0) is 0 Å². The van der Waals surface area contributed by atoms with Crippen molar-refractivity contribution in [1.82, 2.24) is 19.5 Å². The highest BCUT2D eigenvalue weighted by molar-refractivity contribution is 6.13. The summed E-state index contributed by atoms with van der Waals surface area (Å²) in [6, 6.07) is -1.87. The molecule has 44 heavy (non-hydrogen) atoms. The number of hydrogen-bond donors (Lipinski definition) is 0. The molecule has 9 aromatic rings.